The van der Waals surface area contributed by atoms with Gasteiger partial charge in [0, 0.05) is 12.1 Å². The van der Waals surface area contributed by atoms with E-state index < -0.39 is 17.7 Å². The van der Waals surface area contributed by atoms with E-state index in [9.17, 15) is 9.59 Å². The Balaban J connectivity index is 1.83. The standard InChI is InChI=1S/C21H24N2O4/c1-21(2,3)27-20(25)23-17-8-6-5-7-14(17)13-18(23)19(24)22-15-9-11-16(26-4)12-10-15/h5-12,18H,13H2,1-4H3,(H,22,24)/t18-/m0/s1. The number of fused-ring (bicyclic) bond motifs is 1. The molecule has 1 atom stereocenters. The second kappa shape index (κ2) is 7.31. The smallest absolute Gasteiger partial charge is 0.415 e. The molecule has 1 heterocycles. The molecular formula is C21H24N2O4. The lowest BCUT2D eigenvalue weighted by atomic mass is 10.1. The summed E-state index contributed by atoms with van der Waals surface area (Å²) in [5, 5.41) is 2.87. The number of rotatable bonds is 3. The summed E-state index contributed by atoms with van der Waals surface area (Å²) in [5.41, 5.74) is 1.65. The molecule has 1 N–H and O–H groups in total. The number of methoxy groups -OCH3 is 1. The fourth-order valence-electron chi connectivity index (χ4n) is 3.03. The highest BCUT2D eigenvalue weighted by Crippen LogP contribution is 2.34. The molecule has 2 aromatic rings. The normalized spacial score (nSPS) is 15.9. The molecule has 1 aliphatic rings. The highest BCUT2D eigenvalue weighted by atomic mass is 16.6. The molecule has 2 amide bonds. The number of nitrogens with one attached hydrogen (secondary N) is 1. The van der Waals surface area contributed by atoms with Crippen LogP contribution in [0.1, 0.15) is 26.3 Å². The minimum atomic E-state index is -0.667. The predicted molar refractivity (Wildman–Crippen MR) is 104 cm³/mol. The van der Waals surface area contributed by atoms with Gasteiger partial charge in [0.25, 0.3) is 0 Å². The van der Waals surface area contributed by atoms with E-state index in [4.69, 9.17) is 9.47 Å². The van der Waals surface area contributed by atoms with Gasteiger partial charge in [0.2, 0.25) is 5.91 Å². The maximum atomic E-state index is 12.9. The number of carbonyl (C=O) groups excluding carboxylic acids is 2. The number of nitrogens with zero attached hydrogens (tertiary/aromatic N) is 1. The van der Waals surface area contributed by atoms with Crippen LogP contribution >= 0.6 is 0 Å². The third kappa shape index (κ3) is 4.22. The average Bonchev–Trinajstić information content (AvgIpc) is 3.01. The summed E-state index contributed by atoms with van der Waals surface area (Å²) in [6, 6.07) is 13.9. The van der Waals surface area contributed by atoms with Gasteiger partial charge in [-0.15, -0.1) is 0 Å². The van der Waals surface area contributed by atoms with Crippen molar-refractivity contribution in [1.82, 2.24) is 0 Å². The van der Waals surface area contributed by atoms with E-state index >= 15 is 0 Å². The number of amides is 2. The molecule has 0 saturated heterocycles. The van der Waals surface area contributed by atoms with Gasteiger partial charge in [-0.3, -0.25) is 9.69 Å². The minimum absolute atomic E-state index is 0.262. The Hall–Kier alpha value is -3.02. The summed E-state index contributed by atoms with van der Waals surface area (Å²) in [6.45, 7) is 5.41. The topological polar surface area (TPSA) is 67.9 Å². The number of ether oxygens (including phenoxy) is 2. The third-order valence-electron chi connectivity index (χ3n) is 4.23. The Morgan fingerprint density at radius 1 is 1.07 bits per heavy atom. The lowest BCUT2D eigenvalue weighted by Gasteiger charge is -2.28. The zero-order valence-corrected chi connectivity index (χ0v) is 16.0. The van der Waals surface area contributed by atoms with Gasteiger partial charge < -0.3 is 14.8 Å². The Labute approximate surface area is 159 Å². The van der Waals surface area contributed by atoms with Gasteiger partial charge in [0.05, 0.1) is 12.8 Å². The Kier molecular flexibility index (Phi) is 5.08. The number of hydrogen-bond donors (Lipinski definition) is 1. The van der Waals surface area contributed by atoms with Crippen LogP contribution in [0.5, 0.6) is 5.75 Å². The van der Waals surface area contributed by atoms with Crippen LogP contribution in [0.2, 0.25) is 0 Å². The second-order valence-corrected chi connectivity index (χ2v) is 7.42. The van der Waals surface area contributed by atoms with Gasteiger partial charge in [-0.05, 0) is 56.7 Å². The largest absolute Gasteiger partial charge is 0.497 e. The van der Waals surface area contributed by atoms with E-state index in [1.165, 1.54) is 4.90 Å². The highest BCUT2D eigenvalue weighted by molar-refractivity contribution is 6.05. The maximum absolute atomic E-state index is 12.9. The van der Waals surface area contributed by atoms with Crippen LogP contribution in [-0.4, -0.2) is 30.8 Å². The Morgan fingerprint density at radius 2 is 1.74 bits per heavy atom. The zero-order valence-electron chi connectivity index (χ0n) is 16.0. The van der Waals surface area contributed by atoms with Crippen molar-refractivity contribution < 1.29 is 19.1 Å². The summed E-state index contributed by atoms with van der Waals surface area (Å²) in [4.78, 5) is 27.2. The van der Waals surface area contributed by atoms with Crippen molar-refractivity contribution in [1.29, 1.82) is 0 Å². The molecule has 6 heteroatoms. The third-order valence-corrected chi connectivity index (χ3v) is 4.23. The first-order valence-corrected chi connectivity index (χ1v) is 8.83. The van der Waals surface area contributed by atoms with Gasteiger partial charge in [0.1, 0.15) is 17.4 Å². The van der Waals surface area contributed by atoms with Crippen LogP contribution in [0.3, 0.4) is 0 Å². The number of carbonyl (C=O) groups is 2. The molecule has 27 heavy (non-hydrogen) atoms. The second-order valence-electron chi connectivity index (χ2n) is 7.42. The lowest BCUT2D eigenvalue weighted by molar-refractivity contribution is -0.117. The molecule has 0 bridgehead atoms. The maximum Gasteiger partial charge on any atom is 0.415 e. The summed E-state index contributed by atoms with van der Waals surface area (Å²) < 4.78 is 10.7. The van der Waals surface area contributed by atoms with Crippen LogP contribution in [0.15, 0.2) is 48.5 Å². The fourth-order valence-corrected chi connectivity index (χ4v) is 3.03. The van der Waals surface area contributed by atoms with E-state index in [1.807, 2.05) is 24.3 Å². The van der Waals surface area contributed by atoms with E-state index in [0.29, 0.717) is 23.5 Å². The van der Waals surface area contributed by atoms with Crippen molar-refractivity contribution in [3.63, 3.8) is 0 Å². The number of hydrogen-bond acceptors (Lipinski definition) is 4. The van der Waals surface area contributed by atoms with Crippen LogP contribution in [0, 0.1) is 0 Å². The van der Waals surface area contributed by atoms with Gasteiger partial charge >= 0.3 is 6.09 Å². The summed E-state index contributed by atoms with van der Waals surface area (Å²) in [6.07, 6.45) is -0.0838. The van der Waals surface area contributed by atoms with Crippen molar-refractivity contribution in [2.45, 2.75) is 38.8 Å². The Morgan fingerprint density at radius 3 is 2.37 bits per heavy atom. The predicted octanol–water partition coefficient (Wildman–Crippen LogP) is 4.00. The van der Waals surface area contributed by atoms with Crippen LogP contribution in [-0.2, 0) is 16.0 Å². The first kappa shape index (κ1) is 18.8. The molecule has 0 aliphatic carbocycles. The number of para-hydroxylation sites is 1. The minimum Gasteiger partial charge on any atom is -0.497 e. The van der Waals surface area contributed by atoms with Gasteiger partial charge in [-0.25, -0.2) is 4.79 Å². The monoisotopic (exact) mass is 368 g/mol. The number of benzene rings is 2. The molecule has 6 nitrogen and oxygen atoms in total. The van der Waals surface area contributed by atoms with Crippen molar-refractivity contribution in [2.75, 3.05) is 17.3 Å². The van der Waals surface area contributed by atoms with Crippen molar-refractivity contribution in [3.05, 3.63) is 54.1 Å². The first-order chi connectivity index (χ1) is 12.8. The molecule has 0 fully saturated rings. The summed E-state index contributed by atoms with van der Waals surface area (Å²) in [7, 11) is 1.59. The van der Waals surface area contributed by atoms with Crippen LogP contribution in [0.25, 0.3) is 0 Å². The quantitative estimate of drug-likeness (QED) is 0.889. The SMILES string of the molecule is COc1ccc(NC(=O)[C@@H]2Cc3ccccc3N2C(=O)OC(C)(C)C)cc1. The molecule has 3 rings (SSSR count). The highest BCUT2D eigenvalue weighted by Gasteiger charge is 2.40. The average molecular weight is 368 g/mol. The molecule has 142 valence electrons. The van der Waals surface area contributed by atoms with E-state index in [-0.39, 0.29) is 5.91 Å². The molecule has 0 spiro atoms. The molecule has 0 radical (unpaired) electrons. The molecule has 0 saturated carbocycles. The van der Waals surface area contributed by atoms with Gasteiger partial charge in [-0.2, -0.15) is 0 Å². The first-order valence-electron chi connectivity index (χ1n) is 8.83. The van der Waals surface area contributed by atoms with Crippen LogP contribution in [0.4, 0.5) is 16.2 Å². The lowest BCUT2D eigenvalue weighted by Crippen LogP contribution is -2.47. The number of anilines is 2. The molecule has 0 unspecified atom stereocenters. The van der Waals surface area contributed by atoms with Crippen molar-refractivity contribution in [3.8, 4) is 5.75 Å². The van der Waals surface area contributed by atoms with Gasteiger partial charge in [-0.1, -0.05) is 18.2 Å². The summed E-state index contributed by atoms with van der Waals surface area (Å²) in [5.74, 6) is 0.443. The van der Waals surface area contributed by atoms with Crippen molar-refractivity contribution in [2.24, 2.45) is 0 Å². The zero-order chi connectivity index (χ0) is 19.6. The van der Waals surface area contributed by atoms with E-state index in [2.05, 4.69) is 5.32 Å². The Bertz CT molecular complexity index is 840. The molecule has 2 aromatic carbocycles. The molecule has 1 aliphatic heterocycles. The fraction of sp³-hybridized carbons (Fsp3) is 0.333. The molecular weight excluding hydrogens is 344 g/mol. The van der Waals surface area contributed by atoms with Gasteiger partial charge in [0.15, 0.2) is 0 Å². The summed E-state index contributed by atoms with van der Waals surface area (Å²) >= 11 is 0. The van der Waals surface area contributed by atoms with E-state index in [0.717, 1.165) is 5.56 Å². The van der Waals surface area contributed by atoms with E-state index in [1.54, 1.807) is 52.1 Å². The van der Waals surface area contributed by atoms with Crippen LogP contribution < -0.4 is 15.0 Å². The van der Waals surface area contributed by atoms with Crippen molar-refractivity contribution >= 4 is 23.4 Å². The molecule has 0 aromatic heterocycles.